The van der Waals surface area contributed by atoms with E-state index in [4.69, 9.17) is 13.9 Å². The Morgan fingerprint density at radius 1 is 0.975 bits per heavy atom. The van der Waals surface area contributed by atoms with Gasteiger partial charge in [0.15, 0.2) is 12.1 Å². The molecule has 0 spiro atoms. The molecule has 1 aliphatic rings. The zero-order valence-electron chi connectivity index (χ0n) is 22.1. The van der Waals surface area contributed by atoms with Gasteiger partial charge >= 0.3 is 6.09 Å². The second-order valence-corrected chi connectivity index (χ2v) is 9.47. The first-order valence-electron chi connectivity index (χ1n) is 12.8. The monoisotopic (exact) mass is 539 g/mol. The van der Waals surface area contributed by atoms with Gasteiger partial charge in [0.25, 0.3) is 5.91 Å². The van der Waals surface area contributed by atoms with Crippen molar-refractivity contribution in [2.45, 2.75) is 32.2 Å². The number of carbonyl (C=O) groups excluding carboxylic acids is 3. The second-order valence-electron chi connectivity index (χ2n) is 9.47. The molecule has 9 nitrogen and oxygen atoms in total. The molecule has 1 fully saturated rings. The van der Waals surface area contributed by atoms with Gasteiger partial charge in [-0.2, -0.15) is 0 Å². The highest BCUT2D eigenvalue weighted by Gasteiger charge is 2.47. The molecule has 0 unspecified atom stereocenters. The molecule has 4 aromatic rings. The zero-order chi connectivity index (χ0) is 28.1. The third-order valence-electron chi connectivity index (χ3n) is 6.67. The number of furan rings is 1. The summed E-state index contributed by atoms with van der Waals surface area (Å²) in [6.07, 6.45) is 0.0332. The van der Waals surface area contributed by atoms with E-state index >= 15 is 0 Å². The van der Waals surface area contributed by atoms with Crippen LogP contribution in [0.25, 0.3) is 0 Å². The van der Waals surface area contributed by atoms with E-state index in [2.05, 4.69) is 10.6 Å². The number of benzene rings is 3. The van der Waals surface area contributed by atoms with Crippen LogP contribution in [0, 0.1) is 6.92 Å². The molecule has 2 atom stereocenters. The highest BCUT2D eigenvalue weighted by atomic mass is 16.6. The summed E-state index contributed by atoms with van der Waals surface area (Å²) in [4.78, 5) is 40.9. The molecular weight excluding hydrogens is 510 g/mol. The van der Waals surface area contributed by atoms with E-state index in [1.807, 2.05) is 31.2 Å². The summed E-state index contributed by atoms with van der Waals surface area (Å²) in [6.45, 7) is 2.34. The molecule has 1 aromatic heterocycles. The molecule has 0 saturated carbocycles. The van der Waals surface area contributed by atoms with Gasteiger partial charge in [-0.05, 0) is 66.6 Å². The first kappa shape index (κ1) is 26.6. The lowest BCUT2D eigenvalue weighted by Gasteiger charge is -2.24. The Balaban J connectivity index is 1.39. The third-order valence-corrected chi connectivity index (χ3v) is 6.67. The van der Waals surface area contributed by atoms with Gasteiger partial charge in [0.05, 0.1) is 26.5 Å². The van der Waals surface area contributed by atoms with E-state index in [9.17, 15) is 14.4 Å². The summed E-state index contributed by atoms with van der Waals surface area (Å²) in [6, 6.07) is 24.0. The average Bonchev–Trinajstić information content (AvgIpc) is 3.61. The van der Waals surface area contributed by atoms with E-state index in [-0.39, 0.29) is 24.9 Å². The summed E-state index contributed by atoms with van der Waals surface area (Å²) in [5.74, 6) is 0.542. The Hall–Kier alpha value is -5.05. The predicted octanol–water partition coefficient (Wildman–Crippen LogP) is 5.23. The predicted molar refractivity (Wildman–Crippen MR) is 148 cm³/mol. The van der Waals surface area contributed by atoms with Gasteiger partial charge in [-0.1, -0.05) is 42.0 Å². The summed E-state index contributed by atoms with van der Waals surface area (Å²) < 4.78 is 16.3. The molecule has 1 aliphatic heterocycles. The molecule has 3 aromatic carbocycles. The number of anilines is 1. The number of nitrogens with zero attached hydrogens (tertiary/aromatic N) is 1. The molecule has 0 aliphatic carbocycles. The molecule has 204 valence electrons. The average molecular weight is 540 g/mol. The van der Waals surface area contributed by atoms with Crippen LogP contribution in [0.4, 0.5) is 10.5 Å². The van der Waals surface area contributed by atoms with Gasteiger partial charge in [0.1, 0.15) is 11.5 Å². The van der Waals surface area contributed by atoms with E-state index < -0.39 is 18.2 Å². The Kier molecular flexibility index (Phi) is 7.82. The van der Waals surface area contributed by atoms with Crippen molar-refractivity contribution in [3.05, 3.63) is 119 Å². The largest absolute Gasteiger partial charge is 0.497 e. The summed E-state index contributed by atoms with van der Waals surface area (Å²) in [7, 11) is 1.56. The number of hydrogen-bond acceptors (Lipinski definition) is 6. The molecule has 0 radical (unpaired) electrons. The normalized spacial score (nSPS) is 16.4. The Morgan fingerprint density at radius 2 is 1.75 bits per heavy atom. The highest BCUT2D eigenvalue weighted by molar-refractivity contribution is 6.04. The van der Waals surface area contributed by atoms with Crippen LogP contribution in [-0.2, 0) is 22.6 Å². The fourth-order valence-electron chi connectivity index (χ4n) is 4.53. The van der Waals surface area contributed by atoms with E-state index in [1.54, 1.807) is 67.8 Å². The fraction of sp³-hybridized carbons (Fsp3) is 0.194. The van der Waals surface area contributed by atoms with E-state index in [0.29, 0.717) is 28.3 Å². The van der Waals surface area contributed by atoms with Crippen molar-refractivity contribution in [3.8, 4) is 5.75 Å². The number of cyclic esters (lactones) is 1. The zero-order valence-corrected chi connectivity index (χ0v) is 22.1. The number of hydrogen-bond donors (Lipinski definition) is 2. The van der Waals surface area contributed by atoms with Gasteiger partial charge in [0, 0.05) is 11.3 Å². The summed E-state index contributed by atoms with van der Waals surface area (Å²) in [5, 5.41) is 5.73. The third kappa shape index (κ3) is 5.99. The van der Waals surface area contributed by atoms with Crippen molar-refractivity contribution in [3.63, 3.8) is 0 Å². The maximum atomic E-state index is 13.5. The topological polar surface area (TPSA) is 110 Å². The van der Waals surface area contributed by atoms with Crippen LogP contribution in [0.15, 0.2) is 95.6 Å². The van der Waals surface area contributed by atoms with Crippen LogP contribution >= 0.6 is 0 Å². The van der Waals surface area contributed by atoms with Gasteiger partial charge in [-0.3, -0.25) is 14.5 Å². The second kappa shape index (κ2) is 11.8. The van der Waals surface area contributed by atoms with Crippen LogP contribution in [0.5, 0.6) is 5.75 Å². The Bertz CT molecular complexity index is 1480. The van der Waals surface area contributed by atoms with Crippen molar-refractivity contribution < 1.29 is 28.3 Å². The first-order valence-corrected chi connectivity index (χ1v) is 12.8. The number of nitrogens with one attached hydrogen (secondary N) is 2. The number of carbonyl (C=O) groups is 3. The summed E-state index contributed by atoms with van der Waals surface area (Å²) >= 11 is 0. The highest BCUT2D eigenvalue weighted by Crippen LogP contribution is 2.35. The maximum Gasteiger partial charge on any atom is 0.411 e. The van der Waals surface area contributed by atoms with Crippen LogP contribution in [0.2, 0.25) is 0 Å². The molecule has 0 bridgehead atoms. The van der Waals surface area contributed by atoms with Crippen molar-refractivity contribution in [1.29, 1.82) is 0 Å². The number of aryl methyl sites for hydroxylation is 1. The minimum atomic E-state index is -0.948. The van der Waals surface area contributed by atoms with Crippen molar-refractivity contribution in [2.75, 3.05) is 12.4 Å². The van der Waals surface area contributed by atoms with E-state index in [1.165, 1.54) is 11.2 Å². The lowest BCUT2D eigenvalue weighted by Crippen LogP contribution is -2.46. The van der Waals surface area contributed by atoms with Gasteiger partial charge < -0.3 is 24.5 Å². The van der Waals surface area contributed by atoms with Crippen molar-refractivity contribution in [2.24, 2.45) is 0 Å². The SMILES string of the molecule is COc1ccc(C(=O)Nc2cccc([C@H]3OC(=O)N(Cc4ccc(C)cc4)[C@@H]3C(=O)NCc3ccco3)c2)cc1. The van der Waals surface area contributed by atoms with Crippen LogP contribution in [0.3, 0.4) is 0 Å². The number of methoxy groups -OCH3 is 1. The molecule has 9 heteroatoms. The number of rotatable bonds is 9. The van der Waals surface area contributed by atoms with Gasteiger partial charge in [-0.25, -0.2) is 4.79 Å². The lowest BCUT2D eigenvalue weighted by molar-refractivity contribution is -0.126. The minimum absolute atomic E-state index is 0.166. The number of ether oxygens (including phenoxy) is 2. The Labute approximate surface area is 231 Å². The molecule has 2 N–H and O–H groups in total. The molecule has 1 saturated heterocycles. The van der Waals surface area contributed by atoms with E-state index in [0.717, 1.165) is 11.1 Å². The van der Waals surface area contributed by atoms with Crippen molar-refractivity contribution in [1.82, 2.24) is 10.2 Å². The summed E-state index contributed by atoms with van der Waals surface area (Å²) in [5.41, 5.74) is 3.49. The molecular formula is C31H29N3O6. The number of amides is 3. The smallest absolute Gasteiger partial charge is 0.411 e. The van der Waals surface area contributed by atoms with Gasteiger partial charge in [0.2, 0.25) is 5.91 Å². The van der Waals surface area contributed by atoms with Crippen LogP contribution in [0.1, 0.15) is 38.9 Å². The fourth-order valence-corrected chi connectivity index (χ4v) is 4.53. The quantitative estimate of drug-likeness (QED) is 0.302. The van der Waals surface area contributed by atoms with Crippen LogP contribution in [-0.4, -0.2) is 36.0 Å². The van der Waals surface area contributed by atoms with Crippen molar-refractivity contribution >= 4 is 23.6 Å². The first-order chi connectivity index (χ1) is 19.4. The molecule has 3 amide bonds. The molecule has 2 heterocycles. The molecule has 40 heavy (non-hydrogen) atoms. The lowest BCUT2D eigenvalue weighted by atomic mass is 10.00. The Morgan fingerprint density at radius 3 is 2.45 bits per heavy atom. The van der Waals surface area contributed by atoms with Crippen LogP contribution < -0.4 is 15.4 Å². The van der Waals surface area contributed by atoms with Gasteiger partial charge in [-0.15, -0.1) is 0 Å². The standard InChI is InChI=1S/C31H29N3O6/c1-20-8-10-21(11-9-20)19-34-27(30(36)32-18-26-7-4-16-39-26)28(40-31(34)37)23-5-3-6-24(17-23)33-29(35)22-12-14-25(38-2)15-13-22/h3-17,27-28H,18-19H2,1-2H3,(H,32,36)(H,33,35)/t27-,28+/m0/s1. The minimum Gasteiger partial charge on any atom is -0.497 e. The molecule has 5 rings (SSSR count). The maximum absolute atomic E-state index is 13.5.